The van der Waals surface area contributed by atoms with E-state index in [0.717, 1.165) is 16.7 Å². The van der Waals surface area contributed by atoms with Crippen molar-refractivity contribution < 1.29 is 19.1 Å². The van der Waals surface area contributed by atoms with Gasteiger partial charge in [-0.15, -0.1) is 0 Å². The summed E-state index contributed by atoms with van der Waals surface area (Å²) in [6, 6.07) is 3.83. The van der Waals surface area contributed by atoms with Crippen LogP contribution in [0.1, 0.15) is 16.9 Å². The van der Waals surface area contributed by atoms with Crippen LogP contribution in [0.2, 0.25) is 0 Å². The number of aliphatic carboxylic acids is 1. The van der Waals surface area contributed by atoms with Crippen LogP contribution in [0.25, 0.3) is 11.3 Å². The number of oxazole rings is 1. The highest BCUT2D eigenvalue weighted by molar-refractivity contribution is 5.76. The molecule has 0 saturated heterocycles. The number of methoxy groups -OCH3 is 1. The zero-order valence-electron chi connectivity index (χ0n) is 11.1. The minimum Gasteiger partial charge on any atom is -0.496 e. The molecule has 5 heteroatoms. The van der Waals surface area contributed by atoms with Crippen LogP contribution < -0.4 is 4.74 Å². The molecule has 0 bridgehead atoms. The molecule has 0 radical (unpaired) electrons. The molecule has 0 aliphatic rings. The molecule has 1 aromatic carbocycles. The smallest absolute Gasteiger partial charge is 0.311 e. The molecule has 2 aromatic rings. The Morgan fingerprint density at radius 3 is 2.68 bits per heavy atom. The minimum absolute atomic E-state index is 0.203. The molecule has 0 unspecified atom stereocenters. The first-order valence-corrected chi connectivity index (χ1v) is 5.82. The predicted molar refractivity (Wildman–Crippen MR) is 69.3 cm³/mol. The summed E-state index contributed by atoms with van der Waals surface area (Å²) in [5.74, 6) is 0.0264. The molecule has 100 valence electrons. The monoisotopic (exact) mass is 261 g/mol. The second-order valence-corrected chi connectivity index (χ2v) is 4.33. The van der Waals surface area contributed by atoms with Crippen molar-refractivity contribution in [2.45, 2.75) is 20.3 Å². The van der Waals surface area contributed by atoms with Gasteiger partial charge in [-0.2, -0.15) is 0 Å². The highest BCUT2D eigenvalue weighted by Crippen LogP contribution is 2.33. The molecular formula is C14H15NO4. The Morgan fingerprint density at radius 1 is 1.37 bits per heavy atom. The Kier molecular flexibility index (Phi) is 3.55. The average molecular weight is 261 g/mol. The number of carboxylic acid groups (broad SMARTS) is 1. The van der Waals surface area contributed by atoms with Crippen molar-refractivity contribution >= 4 is 5.97 Å². The van der Waals surface area contributed by atoms with Gasteiger partial charge in [0.1, 0.15) is 23.6 Å². The summed E-state index contributed by atoms with van der Waals surface area (Å²) in [6.45, 7) is 3.97. The first kappa shape index (κ1) is 13.1. The van der Waals surface area contributed by atoms with Crippen molar-refractivity contribution in [3.8, 4) is 17.0 Å². The second-order valence-electron chi connectivity index (χ2n) is 4.33. The van der Waals surface area contributed by atoms with E-state index in [-0.39, 0.29) is 6.42 Å². The van der Waals surface area contributed by atoms with E-state index in [1.807, 2.05) is 26.0 Å². The number of ether oxygens (including phenoxy) is 1. The standard InChI is InChI=1S/C14H15NO4/c1-8-4-10(11(18-3)5-9(8)2)14-12(6-13(16)17)19-7-15-14/h4-5,7H,6H2,1-3H3,(H,16,17). The molecule has 0 amide bonds. The molecule has 0 atom stereocenters. The van der Waals surface area contributed by atoms with E-state index >= 15 is 0 Å². The molecule has 1 aromatic heterocycles. The number of hydrogen-bond acceptors (Lipinski definition) is 4. The van der Waals surface area contributed by atoms with E-state index in [4.69, 9.17) is 14.3 Å². The summed E-state index contributed by atoms with van der Waals surface area (Å²) in [7, 11) is 1.57. The van der Waals surface area contributed by atoms with E-state index in [1.165, 1.54) is 6.39 Å². The molecule has 0 aliphatic carbocycles. The number of aryl methyl sites for hydroxylation is 2. The fourth-order valence-corrected chi connectivity index (χ4v) is 1.90. The maximum Gasteiger partial charge on any atom is 0.311 e. The van der Waals surface area contributed by atoms with Gasteiger partial charge in [-0.3, -0.25) is 4.79 Å². The van der Waals surface area contributed by atoms with Gasteiger partial charge in [-0.1, -0.05) is 0 Å². The maximum atomic E-state index is 10.8. The molecule has 0 spiro atoms. The first-order chi connectivity index (χ1) is 9.02. The fraction of sp³-hybridized carbons (Fsp3) is 0.286. The molecule has 5 nitrogen and oxygen atoms in total. The van der Waals surface area contributed by atoms with E-state index in [2.05, 4.69) is 4.98 Å². The highest BCUT2D eigenvalue weighted by atomic mass is 16.5. The summed E-state index contributed by atoms with van der Waals surface area (Å²) in [5.41, 5.74) is 3.45. The van der Waals surface area contributed by atoms with Gasteiger partial charge in [0.25, 0.3) is 0 Å². The molecule has 0 fully saturated rings. The van der Waals surface area contributed by atoms with Gasteiger partial charge in [0.2, 0.25) is 0 Å². The van der Waals surface area contributed by atoms with Crippen LogP contribution in [0.4, 0.5) is 0 Å². The molecule has 1 heterocycles. The largest absolute Gasteiger partial charge is 0.496 e. The van der Waals surface area contributed by atoms with Crippen molar-refractivity contribution in [2.75, 3.05) is 7.11 Å². The third kappa shape index (κ3) is 2.59. The number of nitrogens with zero attached hydrogens (tertiary/aromatic N) is 1. The lowest BCUT2D eigenvalue weighted by atomic mass is 10.0. The summed E-state index contributed by atoms with van der Waals surface area (Å²) in [6.07, 6.45) is 1.05. The number of rotatable bonds is 4. The number of aromatic nitrogens is 1. The predicted octanol–water partition coefficient (Wildman–Crippen LogP) is 2.59. The van der Waals surface area contributed by atoms with Crippen molar-refractivity contribution in [3.05, 3.63) is 35.4 Å². The Balaban J connectivity index is 2.55. The van der Waals surface area contributed by atoms with E-state index < -0.39 is 5.97 Å². The van der Waals surface area contributed by atoms with Crippen molar-refractivity contribution in [3.63, 3.8) is 0 Å². The van der Waals surface area contributed by atoms with Crippen molar-refractivity contribution in [2.24, 2.45) is 0 Å². The number of carboxylic acids is 1. The summed E-state index contributed by atoms with van der Waals surface area (Å²) in [4.78, 5) is 14.9. The summed E-state index contributed by atoms with van der Waals surface area (Å²) < 4.78 is 10.5. The zero-order chi connectivity index (χ0) is 14.0. The summed E-state index contributed by atoms with van der Waals surface area (Å²) >= 11 is 0. The molecule has 0 saturated carbocycles. The lowest BCUT2D eigenvalue weighted by Crippen LogP contribution is -2.01. The second kappa shape index (κ2) is 5.14. The van der Waals surface area contributed by atoms with Gasteiger partial charge < -0.3 is 14.3 Å². The Labute approximate surface area is 110 Å². The van der Waals surface area contributed by atoms with E-state index in [1.54, 1.807) is 7.11 Å². The highest BCUT2D eigenvalue weighted by Gasteiger charge is 2.18. The number of benzene rings is 1. The van der Waals surface area contributed by atoms with Gasteiger partial charge in [-0.25, -0.2) is 4.98 Å². The zero-order valence-corrected chi connectivity index (χ0v) is 11.1. The minimum atomic E-state index is -0.958. The van der Waals surface area contributed by atoms with Gasteiger partial charge in [0, 0.05) is 5.56 Å². The van der Waals surface area contributed by atoms with Crippen LogP contribution in [0.5, 0.6) is 5.75 Å². The molecule has 2 rings (SSSR count). The van der Waals surface area contributed by atoms with Crippen LogP contribution in [-0.4, -0.2) is 23.2 Å². The number of hydrogen-bond donors (Lipinski definition) is 1. The van der Waals surface area contributed by atoms with Crippen LogP contribution in [0, 0.1) is 13.8 Å². The lowest BCUT2D eigenvalue weighted by molar-refractivity contribution is -0.136. The Bertz CT molecular complexity index is 616. The van der Waals surface area contributed by atoms with Gasteiger partial charge >= 0.3 is 5.97 Å². The molecular weight excluding hydrogens is 246 g/mol. The van der Waals surface area contributed by atoms with Crippen LogP contribution in [0.3, 0.4) is 0 Å². The topological polar surface area (TPSA) is 72.6 Å². The van der Waals surface area contributed by atoms with Gasteiger partial charge in [0.05, 0.1) is 7.11 Å². The molecule has 19 heavy (non-hydrogen) atoms. The van der Waals surface area contributed by atoms with Crippen molar-refractivity contribution in [1.82, 2.24) is 4.98 Å². The molecule has 0 aliphatic heterocycles. The third-order valence-corrected chi connectivity index (χ3v) is 3.02. The SMILES string of the molecule is COc1cc(C)c(C)cc1-c1ncoc1CC(=O)O. The van der Waals surface area contributed by atoms with Crippen molar-refractivity contribution in [1.29, 1.82) is 0 Å². The van der Waals surface area contributed by atoms with Crippen LogP contribution in [0.15, 0.2) is 22.9 Å². The van der Waals surface area contributed by atoms with Gasteiger partial charge in [0.15, 0.2) is 6.39 Å². The quantitative estimate of drug-likeness (QED) is 0.915. The number of carbonyl (C=O) groups is 1. The maximum absolute atomic E-state index is 10.8. The normalized spacial score (nSPS) is 10.5. The van der Waals surface area contributed by atoms with E-state index in [0.29, 0.717) is 17.2 Å². The van der Waals surface area contributed by atoms with E-state index in [9.17, 15) is 4.79 Å². The third-order valence-electron chi connectivity index (χ3n) is 3.02. The average Bonchev–Trinajstić information content (AvgIpc) is 2.79. The van der Waals surface area contributed by atoms with Crippen LogP contribution >= 0.6 is 0 Å². The molecule has 1 N–H and O–H groups in total. The van der Waals surface area contributed by atoms with Crippen LogP contribution in [-0.2, 0) is 11.2 Å². The fourth-order valence-electron chi connectivity index (χ4n) is 1.90. The van der Waals surface area contributed by atoms with Gasteiger partial charge in [-0.05, 0) is 37.1 Å². The first-order valence-electron chi connectivity index (χ1n) is 5.82. The lowest BCUT2D eigenvalue weighted by Gasteiger charge is -2.10. The summed E-state index contributed by atoms with van der Waals surface area (Å²) in [5, 5.41) is 8.86. The Hall–Kier alpha value is -2.30. The Morgan fingerprint density at radius 2 is 2.05 bits per heavy atom.